The number of nitrogens with zero attached hydrogens (tertiary/aromatic N) is 3. The molecular weight excluding hydrogens is 1010 g/mol. The van der Waals surface area contributed by atoms with Gasteiger partial charge in [-0.05, 0) is 70.2 Å². The molecule has 0 bridgehead atoms. The molecular formula is C64H79N3O11Si. The molecule has 420 valence electrons. The Balaban J connectivity index is 1.38. The van der Waals surface area contributed by atoms with E-state index in [0.717, 1.165) is 36.1 Å². The van der Waals surface area contributed by atoms with Crippen molar-refractivity contribution in [2.45, 2.75) is 153 Å². The van der Waals surface area contributed by atoms with Crippen LogP contribution in [0.15, 0.2) is 169 Å². The first-order valence-electron chi connectivity index (χ1n) is 28.0. The van der Waals surface area contributed by atoms with Crippen molar-refractivity contribution in [3.63, 3.8) is 0 Å². The molecule has 0 aliphatic carbocycles. The molecule has 0 aromatic heterocycles. The molecule has 0 N–H and O–H groups in total. The number of unbranched alkanes of at least 4 members (excludes halogenated alkanes) is 11. The van der Waals surface area contributed by atoms with Gasteiger partial charge in [-0.1, -0.05) is 224 Å². The van der Waals surface area contributed by atoms with Crippen LogP contribution >= 0.6 is 0 Å². The molecule has 5 aromatic carbocycles. The van der Waals surface area contributed by atoms with Crippen LogP contribution < -0.4 is 10.4 Å². The second kappa shape index (κ2) is 32.3. The summed E-state index contributed by atoms with van der Waals surface area (Å²) in [6, 6.07) is 44.0. The molecule has 79 heavy (non-hydrogen) atoms. The number of carbonyl (C=O) groups excluding carboxylic acids is 4. The highest BCUT2D eigenvalue weighted by molar-refractivity contribution is 6.99. The number of allylic oxidation sites excluding steroid dienone is 1. The second-order valence-corrected chi connectivity index (χ2v) is 25.3. The van der Waals surface area contributed by atoms with E-state index in [0.29, 0.717) is 0 Å². The molecule has 1 fully saturated rings. The van der Waals surface area contributed by atoms with E-state index in [1.807, 2.05) is 42.5 Å². The first-order valence-corrected chi connectivity index (χ1v) is 29.9. The zero-order valence-corrected chi connectivity index (χ0v) is 47.6. The van der Waals surface area contributed by atoms with Gasteiger partial charge in [-0.15, -0.1) is 0 Å². The average Bonchev–Trinajstić information content (AvgIpc) is 3.67. The van der Waals surface area contributed by atoms with Gasteiger partial charge in [0.15, 0.2) is 12.4 Å². The monoisotopic (exact) mass is 1090 g/mol. The molecule has 0 spiro atoms. The Labute approximate surface area is 467 Å². The van der Waals surface area contributed by atoms with Crippen molar-refractivity contribution < 1.29 is 52.0 Å². The van der Waals surface area contributed by atoms with E-state index in [1.54, 1.807) is 91.0 Å². The van der Waals surface area contributed by atoms with E-state index in [2.05, 4.69) is 68.1 Å². The maximum Gasteiger partial charge on any atom is 0.338 e. The Morgan fingerprint density at radius 3 is 1.57 bits per heavy atom. The highest BCUT2D eigenvalue weighted by Crippen LogP contribution is 2.40. The normalized spacial score (nSPS) is 18.2. The lowest BCUT2D eigenvalue weighted by Crippen LogP contribution is -2.68. The number of azide groups is 1. The Bertz CT molecular complexity index is 2650. The third-order valence-electron chi connectivity index (χ3n) is 14.4. The molecule has 7 atom stereocenters. The van der Waals surface area contributed by atoms with Crippen LogP contribution in [-0.2, 0) is 37.6 Å². The van der Waals surface area contributed by atoms with Crippen molar-refractivity contribution >= 4 is 42.6 Å². The van der Waals surface area contributed by atoms with Crippen LogP contribution in [0.5, 0.6) is 0 Å². The Morgan fingerprint density at radius 2 is 1.10 bits per heavy atom. The minimum atomic E-state index is -3.34. The minimum absolute atomic E-state index is 0.184. The second-order valence-electron chi connectivity index (χ2n) is 21.0. The standard InChI is InChI=1S/C64H79N3O11Si/c1-6-7-8-9-10-11-12-13-14-15-16-17-33-44-55(78-79(64(2,3)4,51-40-29-21-30-41-51)52-42-31-22-32-43-52)54(66-67-65)46-74-63-59(77-62(71)50-38-27-20-28-39-50)53(45-57(68)72-5)58(76-61(70)49-36-25-19-26-37-49)56(75-63)47-73-60(69)48-34-23-18-24-35-48/h18-44,53-56,58-59,63H,6-17,45-47H2,1-5H3/b44-33+/t53-,54-,55+,56+,58+,59+,63+/m0/s1. The summed E-state index contributed by atoms with van der Waals surface area (Å²) < 4.78 is 44.8. The van der Waals surface area contributed by atoms with Gasteiger partial charge >= 0.3 is 23.9 Å². The fourth-order valence-electron chi connectivity index (χ4n) is 10.2. The lowest BCUT2D eigenvalue weighted by Gasteiger charge is -2.46. The number of rotatable bonds is 31. The highest BCUT2D eigenvalue weighted by Gasteiger charge is 2.54. The number of methoxy groups -OCH3 is 1. The fraction of sp³-hybridized carbons (Fsp3) is 0.438. The van der Waals surface area contributed by atoms with Gasteiger partial charge in [-0.25, -0.2) is 14.4 Å². The summed E-state index contributed by atoms with van der Waals surface area (Å²) in [4.78, 5) is 58.7. The average molecular weight is 1090 g/mol. The summed E-state index contributed by atoms with van der Waals surface area (Å²) in [7, 11) is -2.12. The Kier molecular flexibility index (Phi) is 25.0. The zero-order valence-electron chi connectivity index (χ0n) is 46.6. The van der Waals surface area contributed by atoms with Crippen LogP contribution in [0, 0.1) is 5.92 Å². The topological polar surface area (TPSA) is 182 Å². The summed E-state index contributed by atoms with van der Waals surface area (Å²) in [5.41, 5.74) is 11.1. The summed E-state index contributed by atoms with van der Waals surface area (Å²) in [6.07, 6.45) is 11.1. The summed E-state index contributed by atoms with van der Waals surface area (Å²) in [5, 5.41) is 5.93. The third kappa shape index (κ3) is 18.1. The van der Waals surface area contributed by atoms with Crippen molar-refractivity contribution in [3.05, 3.63) is 191 Å². The predicted molar refractivity (Wildman–Crippen MR) is 308 cm³/mol. The third-order valence-corrected chi connectivity index (χ3v) is 19.4. The van der Waals surface area contributed by atoms with Crippen LogP contribution in [0.1, 0.15) is 142 Å². The number of hydrogen-bond donors (Lipinski definition) is 0. The maximum atomic E-state index is 14.2. The summed E-state index contributed by atoms with van der Waals surface area (Å²) in [6.45, 7) is 7.90. The number of ether oxygens (including phenoxy) is 6. The maximum absolute atomic E-state index is 14.2. The van der Waals surface area contributed by atoms with Crippen molar-refractivity contribution in [2.75, 3.05) is 20.3 Å². The van der Waals surface area contributed by atoms with Gasteiger partial charge in [0.05, 0.1) is 54.9 Å². The summed E-state index contributed by atoms with van der Waals surface area (Å²) in [5.74, 6) is -4.18. The molecule has 15 heteroatoms. The molecule has 1 aliphatic heterocycles. The largest absolute Gasteiger partial charge is 0.469 e. The molecule has 0 unspecified atom stereocenters. The van der Waals surface area contributed by atoms with Gasteiger partial charge in [0, 0.05) is 4.91 Å². The van der Waals surface area contributed by atoms with Crippen molar-refractivity contribution in [1.82, 2.24) is 0 Å². The number of hydrogen-bond acceptors (Lipinski definition) is 12. The Morgan fingerprint density at radius 1 is 0.646 bits per heavy atom. The molecule has 1 heterocycles. The fourth-order valence-corrected chi connectivity index (χ4v) is 14.8. The number of benzene rings is 5. The van der Waals surface area contributed by atoms with Gasteiger partial charge in [0.2, 0.25) is 0 Å². The van der Waals surface area contributed by atoms with E-state index in [9.17, 15) is 24.7 Å². The van der Waals surface area contributed by atoms with Crippen LogP contribution in [0.3, 0.4) is 0 Å². The van der Waals surface area contributed by atoms with E-state index in [1.165, 1.54) is 58.5 Å². The van der Waals surface area contributed by atoms with Crippen molar-refractivity contribution in [1.29, 1.82) is 0 Å². The van der Waals surface area contributed by atoms with Crippen molar-refractivity contribution in [2.24, 2.45) is 11.0 Å². The highest BCUT2D eigenvalue weighted by atomic mass is 28.4. The zero-order chi connectivity index (χ0) is 56.3. The van der Waals surface area contributed by atoms with Crippen LogP contribution in [0.2, 0.25) is 5.04 Å². The van der Waals surface area contributed by atoms with E-state index < -0.39 is 92.9 Å². The lowest BCUT2D eigenvalue weighted by atomic mass is 9.85. The smallest absolute Gasteiger partial charge is 0.338 e. The quantitative estimate of drug-likeness (QED) is 0.00602. The predicted octanol–water partition coefficient (Wildman–Crippen LogP) is 13.1. The Hall–Kier alpha value is -6.87. The first kappa shape index (κ1) is 61.3. The molecule has 0 saturated carbocycles. The van der Waals surface area contributed by atoms with Gasteiger partial charge in [-0.3, -0.25) is 4.79 Å². The van der Waals surface area contributed by atoms with Crippen LogP contribution in [-0.4, -0.2) is 89.3 Å². The van der Waals surface area contributed by atoms with Crippen LogP contribution in [0.25, 0.3) is 10.4 Å². The van der Waals surface area contributed by atoms with Crippen molar-refractivity contribution in [3.8, 4) is 0 Å². The van der Waals surface area contributed by atoms with E-state index in [4.69, 9.17) is 32.8 Å². The van der Waals surface area contributed by atoms with Crippen LogP contribution in [0.4, 0.5) is 0 Å². The SMILES string of the molecule is CCCCCCCCCCCCC/C=C/[C@@H](O[Si](c1ccccc1)(c1ccccc1)C(C)(C)C)[C@H](CO[C@@H]1O[C@H](COC(=O)c2ccccc2)[C@H](OC(=O)c2ccccc2)[C@H](CC(=O)OC)[C@H]1OC(=O)c1ccccc1)N=[N+]=[N-]. The lowest BCUT2D eigenvalue weighted by molar-refractivity contribution is -0.290. The van der Waals surface area contributed by atoms with Gasteiger partial charge in [-0.2, -0.15) is 0 Å². The van der Waals surface area contributed by atoms with Gasteiger partial charge in [0.1, 0.15) is 18.8 Å². The molecule has 14 nitrogen and oxygen atoms in total. The van der Waals surface area contributed by atoms with E-state index in [-0.39, 0.29) is 23.3 Å². The summed E-state index contributed by atoms with van der Waals surface area (Å²) >= 11 is 0. The number of esters is 4. The molecule has 1 saturated heterocycles. The molecule has 5 aromatic rings. The molecule has 0 amide bonds. The first-order chi connectivity index (χ1) is 38.4. The molecule has 6 rings (SSSR count). The molecule has 0 radical (unpaired) electrons. The van der Waals surface area contributed by atoms with Gasteiger partial charge in [0.25, 0.3) is 8.32 Å². The van der Waals surface area contributed by atoms with Gasteiger partial charge < -0.3 is 32.8 Å². The minimum Gasteiger partial charge on any atom is -0.469 e. The number of carbonyl (C=O) groups is 4. The van der Waals surface area contributed by atoms with E-state index >= 15 is 0 Å². The molecule has 1 aliphatic rings.